The fourth-order valence-electron chi connectivity index (χ4n) is 0.487. The van der Waals surface area contributed by atoms with Gasteiger partial charge in [-0.2, -0.15) is 0 Å². The van der Waals surface area contributed by atoms with Crippen molar-refractivity contribution < 1.29 is 0 Å². The van der Waals surface area contributed by atoms with E-state index in [1.165, 1.54) is 0 Å². The van der Waals surface area contributed by atoms with E-state index < -0.39 is 0 Å². The average Bonchev–Trinajstić information content (AvgIpc) is 1.90. The molecule has 0 saturated carbocycles. The monoisotopic (exact) mass is 144 g/mol. The molecule has 0 heterocycles. The molecule has 0 fully saturated rings. The van der Waals surface area contributed by atoms with Crippen LogP contribution in [0.15, 0.2) is 10.4 Å². The van der Waals surface area contributed by atoms with Gasteiger partial charge in [0.25, 0.3) is 0 Å². The molecule has 0 aliphatic rings. The Bertz CT molecular complexity index is 95.9. The first-order valence-corrected chi connectivity index (χ1v) is 3.54. The Labute approximate surface area is 62.5 Å². The van der Waals surface area contributed by atoms with E-state index in [1.807, 2.05) is 19.1 Å². The Balaban J connectivity index is 3.61. The third kappa shape index (κ3) is 4.12. The number of rotatable bonds is 4. The highest BCUT2D eigenvalue weighted by molar-refractivity contribution is 4.37. The van der Waals surface area contributed by atoms with Crippen LogP contribution in [0, 0.1) is 0 Å². The predicted molar refractivity (Wildman–Crippen MR) is 41.5 cm³/mol. The van der Waals surface area contributed by atoms with Gasteiger partial charge in [0.05, 0.1) is 0 Å². The quantitative estimate of drug-likeness (QED) is 0.438. The van der Waals surface area contributed by atoms with Gasteiger partial charge in [0.15, 0.2) is 0 Å². The zero-order chi connectivity index (χ0) is 7.98. The van der Waals surface area contributed by atoms with Crippen molar-refractivity contribution in [1.82, 2.24) is 10.0 Å². The number of hydrogen-bond acceptors (Lipinski definition) is 2. The molecule has 10 heavy (non-hydrogen) atoms. The van der Waals surface area contributed by atoms with E-state index in [1.54, 1.807) is 5.01 Å². The second kappa shape index (κ2) is 5.02. The maximum Gasteiger partial charge on any atom is 0.0349 e. The van der Waals surface area contributed by atoms with Gasteiger partial charge in [0, 0.05) is 27.2 Å². The standard InChI is InChI=1S/C6H16N4/c1-5-10(6-2)8-7-9(3)4/h5-6H2,1-4H3/b8-7+. The molecule has 0 spiro atoms. The molecule has 4 heteroatoms. The summed E-state index contributed by atoms with van der Waals surface area (Å²) in [7, 11) is 3.71. The summed E-state index contributed by atoms with van der Waals surface area (Å²) in [5.41, 5.74) is 0. The minimum atomic E-state index is 0.911. The molecule has 0 rings (SSSR count). The molecule has 4 nitrogen and oxygen atoms in total. The fourth-order valence-corrected chi connectivity index (χ4v) is 0.487. The van der Waals surface area contributed by atoms with Crippen molar-refractivity contribution >= 4 is 0 Å². The summed E-state index contributed by atoms with van der Waals surface area (Å²) < 4.78 is 0. The first-order chi connectivity index (χ1) is 4.70. The lowest BCUT2D eigenvalue weighted by Crippen LogP contribution is -2.16. The van der Waals surface area contributed by atoms with Crippen LogP contribution < -0.4 is 0 Å². The van der Waals surface area contributed by atoms with E-state index in [9.17, 15) is 0 Å². The summed E-state index contributed by atoms with van der Waals surface area (Å²) in [6.45, 7) is 5.93. The van der Waals surface area contributed by atoms with Crippen molar-refractivity contribution in [2.45, 2.75) is 13.8 Å². The van der Waals surface area contributed by atoms with Gasteiger partial charge in [-0.25, -0.2) is 0 Å². The van der Waals surface area contributed by atoms with Crippen LogP contribution in [0.25, 0.3) is 0 Å². The number of nitrogens with zero attached hydrogens (tertiary/aromatic N) is 4. The third-order valence-electron chi connectivity index (χ3n) is 1.08. The maximum absolute atomic E-state index is 3.94. The molecule has 0 amide bonds. The second-order valence-electron chi connectivity index (χ2n) is 2.17. The lowest BCUT2D eigenvalue weighted by molar-refractivity contribution is 0.253. The summed E-state index contributed by atoms with van der Waals surface area (Å²) in [6.07, 6.45) is 0. The van der Waals surface area contributed by atoms with Gasteiger partial charge in [-0.05, 0) is 13.8 Å². The summed E-state index contributed by atoms with van der Waals surface area (Å²) >= 11 is 0. The first-order valence-electron chi connectivity index (χ1n) is 3.54. The molecular weight excluding hydrogens is 128 g/mol. The molecule has 60 valence electrons. The molecule has 0 aromatic rings. The molecule has 0 N–H and O–H groups in total. The van der Waals surface area contributed by atoms with Crippen LogP contribution in [0.3, 0.4) is 0 Å². The lowest BCUT2D eigenvalue weighted by Gasteiger charge is -2.12. The van der Waals surface area contributed by atoms with Crippen molar-refractivity contribution in [3.8, 4) is 0 Å². The molecule has 0 saturated heterocycles. The maximum atomic E-state index is 3.94. The first kappa shape index (κ1) is 9.20. The second-order valence-corrected chi connectivity index (χ2v) is 2.17. The highest BCUT2D eigenvalue weighted by Gasteiger charge is 1.90. The molecule has 0 aliphatic heterocycles. The average molecular weight is 144 g/mol. The van der Waals surface area contributed by atoms with E-state index in [2.05, 4.69) is 24.3 Å². The topological polar surface area (TPSA) is 31.2 Å². The zero-order valence-corrected chi connectivity index (χ0v) is 7.20. The normalized spacial score (nSPS) is 10.4. The molecule has 0 bridgehead atoms. The smallest absolute Gasteiger partial charge is 0.0349 e. The highest BCUT2D eigenvalue weighted by atomic mass is 15.7. The Morgan fingerprint density at radius 2 is 1.50 bits per heavy atom. The van der Waals surface area contributed by atoms with Gasteiger partial charge in [0.1, 0.15) is 0 Å². The van der Waals surface area contributed by atoms with E-state index in [0.29, 0.717) is 0 Å². The molecule has 0 atom stereocenters. The van der Waals surface area contributed by atoms with Gasteiger partial charge in [-0.1, -0.05) is 10.4 Å². The van der Waals surface area contributed by atoms with Crippen LogP contribution in [0.1, 0.15) is 13.8 Å². The Kier molecular flexibility index (Phi) is 4.62. The van der Waals surface area contributed by atoms with Crippen LogP contribution >= 0.6 is 0 Å². The van der Waals surface area contributed by atoms with Crippen LogP contribution in [0.4, 0.5) is 0 Å². The lowest BCUT2D eigenvalue weighted by atomic mass is 10.6. The van der Waals surface area contributed by atoms with Gasteiger partial charge in [-0.3, -0.25) is 10.0 Å². The molecule has 0 unspecified atom stereocenters. The molecule has 0 radical (unpaired) electrons. The predicted octanol–water partition coefficient (Wildman–Crippen LogP) is 1.17. The Morgan fingerprint density at radius 1 is 1.00 bits per heavy atom. The largest absolute Gasteiger partial charge is 0.283 e. The zero-order valence-electron chi connectivity index (χ0n) is 7.20. The SMILES string of the molecule is CCN(CC)/N=N/N(C)C. The molecule has 0 aromatic carbocycles. The summed E-state index contributed by atoms with van der Waals surface area (Å²) in [5, 5.41) is 11.4. The van der Waals surface area contributed by atoms with E-state index in [0.717, 1.165) is 13.1 Å². The number of hydrogen-bond donors (Lipinski definition) is 0. The molecule has 0 aliphatic carbocycles. The minimum absolute atomic E-state index is 0.911. The summed E-state index contributed by atoms with van der Waals surface area (Å²) in [5.74, 6) is 0. The third-order valence-corrected chi connectivity index (χ3v) is 1.08. The van der Waals surface area contributed by atoms with Gasteiger partial charge >= 0.3 is 0 Å². The highest BCUT2D eigenvalue weighted by Crippen LogP contribution is 1.89. The summed E-state index contributed by atoms with van der Waals surface area (Å²) in [6, 6.07) is 0. The van der Waals surface area contributed by atoms with Crippen LogP contribution in [-0.4, -0.2) is 37.2 Å². The molecule has 0 aromatic heterocycles. The van der Waals surface area contributed by atoms with E-state index in [-0.39, 0.29) is 0 Å². The van der Waals surface area contributed by atoms with Gasteiger partial charge in [-0.15, -0.1) is 0 Å². The minimum Gasteiger partial charge on any atom is -0.283 e. The van der Waals surface area contributed by atoms with E-state index in [4.69, 9.17) is 0 Å². The summed E-state index contributed by atoms with van der Waals surface area (Å²) in [4.78, 5) is 0. The molecular formula is C6H16N4. The van der Waals surface area contributed by atoms with Gasteiger partial charge < -0.3 is 0 Å². The van der Waals surface area contributed by atoms with Crippen molar-refractivity contribution in [1.29, 1.82) is 0 Å². The Morgan fingerprint density at radius 3 is 1.80 bits per heavy atom. The van der Waals surface area contributed by atoms with E-state index >= 15 is 0 Å². The van der Waals surface area contributed by atoms with Crippen molar-refractivity contribution in [3.05, 3.63) is 0 Å². The van der Waals surface area contributed by atoms with Gasteiger partial charge in [0.2, 0.25) is 0 Å². The fraction of sp³-hybridized carbons (Fsp3) is 1.00. The van der Waals surface area contributed by atoms with Crippen molar-refractivity contribution in [2.24, 2.45) is 10.4 Å². The Hall–Kier alpha value is -0.800. The van der Waals surface area contributed by atoms with Crippen LogP contribution in [0.2, 0.25) is 0 Å². The van der Waals surface area contributed by atoms with Crippen molar-refractivity contribution in [3.63, 3.8) is 0 Å². The van der Waals surface area contributed by atoms with Crippen molar-refractivity contribution in [2.75, 3.05) is 27.2 Å². The van der Waals surface area contributed by atoms with Crippen LogP contribution in [-0.2, 0) is 0 Å². The van der Waals surface area contributed by atoms with Crippen LogP contribution in [0.5, 0.6) is 0 Å².